The number of benzene rings is 1. The predicted molar refractivity (Wildman–Crippen MR) is 116 cm³/mol. The number of unbranched alkanes of at least 4 members (excludes halogenated alkanes) is 1. The Labute approximate surface area is 184 Å². The van der Waals surface area contributed by atoms with E-state index in [1.165, 1.54) is 23.5 Å². The van der Waals surface area contributed by atoms with Crippen molar-refractivity contribution in [3.05, 3.63) is 62.5 Å². The van der Waals surface area contributed by atoms with Crippen LogP contribution >= 0.6 is 22.9 Å². The van der Waals surface area contributed by atoms with E-state index in [1.54, 1.807) is 12.3 Å². The number of rotatable bonds is 11. The summed E-state index contributed by atoms with van der Waals surface area (Å²) in [5, 5.41) is 15.6. The molecule has 1 aromatic carbocycles. The number of amidine groups is 1. The van der Waals surface area contributed by atoms with Gasteiger partial charge < -0.3 is 10.4 Å². The number of hydrogen-bond acceptors (Lipinski definition) is 7. The number of nitrogens with one attached hydrogen (secondary N) is 1. The molecule has 2 heterocycles. The first kappa shape index (κ1) is 22.8. The molecule has 9 heteroatoms. The molecule has 1 aliphatic rings. The molecular formula is C21H25ClFN3O3S. The van der Waals surface area contributed by atoms with Gasteiger partial charge in [0.25, 0.3) is 0 Å². The van der Waals surface area contributed by atoms with Crippen LogP contribution in [0.15, 0.2) is 46.0 Å². The number of hydrogen-bond donors (Lipinski definition) is 2. The first-order chi connectivity index (χ1) is 14.6. The van der Waals surface area contributed by atoms with Gasteiger partial charge in [0, 0.05) is 28.9 Å². The minimum absolute atomic E-state index is 0.136. The van der Waals surface area contributed by atoms with E-state index < -0.39 is 11.9 Å². The lowest BCUT2D eigenvalue weighted by Gasteiger charge is -2.29. The van der Waals surface area contributed by atoms with E-state index in [1.807, 2.05) is 12.3 Å². The van der Waals surface area contributed by atoms with E-state index in [0.29, 0.717) is 36.9 Å². The number of aliphatic hydroxyl groups excluding tert-OH is 1. The third-order valence-corrected chi connectivity index (χ3v) is 5.74. The van der Waals surface area contributed by atoms with Crippen LogP contribution in [0, 0.1) is 5.82 Å². The molecule has 0 radical (unpaired) electrons. The molecular weight excluding hydrogens is 429 g/mol. The molecule has 1 atom stereocenters. The van der Waals surface area contributed by atoms with Crippen molar-refractivity contribution in [1.82, 2.24) is 10.3 Å². The van der Waals surface area contributed by atoms with Crippen LogP contribution in [0.5, 0.6) is 0 Å². The molecule has 0 amide bonds. The van der Waals surface area contributed by atoms with Crippen molar-refractivity contribution in [2.75, 3.05) is 19.8 Å². The molecule has 30 heavy (non-hydrogen) atoms. The Hall–Kier alpha value is -1.84. The highest BCUT2D eigenvalue weighted by Crippen LogP contribution is 2.38. The molecule has 0 saturated carbocycles. The average Bonchev–Trinajstić information content (AvgIpc) is 3.27. The van der Waals surface area contributed by atoms with Crippen LogP contribution in [0.3, 0.4) is 0 Å². The maximum atomic E-state index is 13.7. The zero-order valence-corrected chi connectivity index (χ0v) is 18.3. The zero-order chi connectivity index (χ0) is 21.3. The van der Waals surface area contributed by atoms with Crippen molar-refractivity contribution in [1.29, 1.82) is 0 Å². The highest BCUT2D eigenvalue weighted by molar-refractivity contribution is 7.11. The van der Waals surface area contributed by atoms with Gasteiger partial charge in [0.05, 0.1) is 13.2 Å². The third kappa shape index (κ3) is 5.86. The monoisotopic (exact) mass is 453 g/mol. The summed E-state index contributed by atoms with van der Waals surface area (Å²) in [6, 6.07) is 3.97. The smallest absolute Gasteiger partial charge is 0.163 e. The van der Waals surface area contributed by atoms with Crippen molar-refractivity contribution in [3.63, 3.8) is 0 Å². The number of aromatic nitrogens is 1. The van der Waals surface area contributed by atoms with Gasteiger partial charge in [-0.1, -0.05) is 17.7 Å². The van der Waals surface area contributed by atoms with Crippen LogP contribution < -0.4 is 5.32 Å². The number of aliphatic imine (C=N–C) groups is 1. The minimum Gasteiger partial charge on any atom is -0.396 e. The fourth-order valence-electron chi connectivity index (χ4n) is 3.28. The first-order valence-corrected chi connectivity index (χ1v) is 11.2. The fourth-order valence-corrected chi connectivity index (χ4v) is 4.13. The maximum Gasteiger partial charge on any atom is 0.163 e. The number of aliphatic hydroxyl groups is 1. The molecule has 1 aromatic heterocycles. The molecule has 2 N–H and O–H groups in total. The highest BCUT2D eigenvalue weighted by Gasteiger charge is 2.28. The lowest BCUT2D eigenvalue weighted by Crippen LogP contribution is -2.31. The fraction of sp³-hybridized carbons (Fsp3) is 0.429. The Morgan fingerprint density at radius 2 is 2.13 bits per heavy atom. The van der Waals surface area contributed by atoms with E-state index in [2.05, 4.69) is 10.3 Å². The topological polar surface area (TPSA) is 76.0 Å². The Balaban J connectivity index is 1.99. The highest BCUT2D eigenvalue weighted by atomic mass is 35.5. The van der Waals surface area contributed by atoms with Crippen molar-refractivity contribution in [2.24, 2.45) is 4.99 Å². The van der Waals surface area contributed by atoms with Crippen molar-refractivity contribution in [2.45, 2.75) is 38.6 Å². The number of nitrogens with zero attached hydrogens (tertiary/aromatic N) is 2. The summed E-state index contributed by atoms with van der Waals surface area (Å²) >= 11 is 7.89. The summed E-state index contributed by atoms with van der Waals surface area (Å²) in [7, 11) is 0. The largest absolute Gasteiger partial charge is 0.396 e. The Bertz CT molecular complexity index is 890. The Morgan fingerprint density at radius 3 is 2.83 bits per heavy atom. The van der Waals surface area contributed by atoms with Gasteiger partial charge in [0.2, 0.25) is 0 Å². The van der Waals surface area contributed by atoms with E-state index in [9.17, 15) is 9.50 Å². The van der Waals surface area contributed by atoms with Gasteiger partial charge in [-0.15, -0.1) is 11.3 Å². The molecule has 0 aliphatic carbocycles. The van der Waals surface area contributed by atoms with Crippen molar-refractivity contribution in [3.8, 4) is 0 Å². The van der Waals surface area contributed by atoms with Gasteiger partial charge >= 0.3 is 0 Å². The number of halogens is 2. The van der Waals surface area contributed by atoms with Crippen LogP contribution in [-0.2, 0) is 9.78 Å². The standard InChI is InChI=1S/C21H25ClFN3O3S/c1-2-28-29-11-8-16-18(5-3-4-10-27)25-20(21-24-9-12-30-21)26-19(16)15-7-6-14(23)13-17(15)22/h6-7,9,12-13,19,27H,2-5,8,10-11H2,1H3,(H,25,26). The van der Waals surface area contributed by atoms with Gasteiger partial charge in [-0.3, -0.25) is 4.99 Å². The molecule has 3 rings (SSSR count). The molecule has 0 bridgehead atoms. The summed E-state index contributed by atoms with van der Waals surface area (Å²) in [6.07, 6.45) is 4.52. The number of allylic oxidation sites excluding steroid dienone is 1. The summed E-state index contributed by atoms with van der Waals surface area (Å²) in [6.45, 7) is 2.80. The van der Waals surface area contributed by atoms with E-state index in [0.717, 1.165) is 34.7 Å². The van der Waals surface area contributed by atoms with E-state index >= 15 is 0 Å². The van der Waals surface area contributed by atoms with Crippen molar-refractivity contribution >= 4 is 28.8 Å². The first-order valence-electron chi connectivity index (χ1n) is 9.90. The molecule has 162 valence electrons. The summed E-state index contributed by atoms with van der Waals surface area (Å²) in [5.74, 6) is 0.263. The quantitative estimate of drug-likeness (QED) is 0.290. The molecule has 6 nitrogen and oxygen atoms in total. The summed E-state index contributed by atoms with van der Waals surface area (Å²) in [4.78, 5) is 19.5. The lowest BCUT2D eigenvalue weighted by molar-refractivity contribution is -0.290. The van der Waals surface area contributed by atoms with Gasteiger partial charge in [-0.25, -0.2) is 19.1 Å². The second kappa shape index (κ2) is 11.5. The molecule has 0 fully saturated rings. The second-order valence-corrected chi connectivity index (χ2v) is 7.97. The molecule has 0 spiro atoms. The molecule has 0 saturated heterocycles. The minimum atomic E-state index is -0.396. The van der Waals surface area contributed by atoms with Gasteiger partial charge in [0.15, 0.2) is 10.8 Å². The summed E-state index contributed by atoms with van der Waals surface area (Å²) < 4.78 is 13.7. The van der Waals surface area contributed by atoms with Gasteiger partial charge in [-0.05, 0) is 55.9 Å². The zero-order valence-electron chi connectivity index (χ0n) is 16.7. The average molecular weight is 454 g/mol. The predicted octanol–water partition coefficient (Wildman–Crippen LogP) is 4.80. The molecule has 1 aliphatic heterocycles. The Morgan fingerprint density at radius 1 is 1.27 bits per heavy atom. The number of thiazole rings is 1. The van der Waals surface area contributed by atoms with Crippen molar-refractivity contribution < 1.29 is 19.3 Å². The Kier molecular flexibility index (Phi) is 8.77. The normalized spacial score (nSPS) is 16.5. The summed E-state index contributed by atoms with van der Waals surface area (Å²) in [5.41, 5.74) is 2.72. The SMILES string of the molecule is CCOOCCC1=C(CCCCO)NC(c2nccs2)=NC1c1ccc(F)cc1Cl. The third-order valence-electron chi connectivity index (χ3n) is 4.63. The molecule has 1 unspecified atom stereocenters. The van der Waals surface area contributed by atoms with Gasteiger partial charge in [0.1, 0.15) is 11.9 Å². The maximum absolute atomic E-state index is 13.7. The second-order valence-electron chi connectivity index (χ2n) is 6.67. The lowest BCUT2D eigenvalue weighted by atomic mass is 9.92. The van der Waals surface area contributed by atoms with Gasteiger partial charge in [-0.2, -0.15) is 0 Å². The molecule has 2 aromatic rings. The van der Waals surface area contributed by atoms with Crippen LogP contribution in [0.4, 0.5) is 4.39 Å². The van der Waals surface area contributed by atoms with Crippen LogP contribution in [0.1, 0.15) is 49.2 Å². The van der Waals surface area contributed by atoms with E-state index in [-0.39, 0.29) is 6.61 Å². The van der Waals surface area contributed by atoms with Crippen LogP contribution in [0.2, 0.25) is 5.02 Å². The van der Waals surface area contributed by atoms with E-state index in [4.69, 9.17) is 26.4 Å². The van der Waals surface area contributed by atoms with Crippen LogP contribution in [0.25, 0.3) is 0 Å². The van der Waals surface area contributed by atoms with Crippen LogP contribution in [-0.4, -0.2) is 35.7 Å².